The van der Waals surface area contributed by atoms with Gasteiger partial charge in [0.25, 0.3) is 0 Å². The van der Waals surface area contributed by atoms with Crippen LogP contribution < -0.4 is 5.32 Å². The lowest BCUT2D eigenvalue weighted by Crippen LogP contribution is -2.59. The number of ether oxygens (including phenoxy) is 2. The molecule has 0 spiro atoms. The highest BCUT2D eigenvalue weighted by molar-refractivity contribution is 5.80. The molecule has 1 aliphatic heterocycles. The first-order valence-electron chi connectivity index (χ1n) is 7.10. The van der Waals surface area contributed by atoms with Crippen molar-refractivity contribution in [2.75, 3.05) is 33.9 Å². The maximum absolute atomic E-state index is 12.0. The molecule has 1 heterocycles. The van der Waals surface area contributed by atoms with Crippen LogP contribution in [0.15, 0.2) is 0 Å². The molecule has 112 valence electrons. The average molecular weight is 272 g/mol. The van der Waals surface area contributed by atoms with E-state index in [0.717, 1.165) is 26.0 Å². The van der Waals surface area contributed by atoms with Crippen LogP contribution in [0.3, 0.4) is 0 Å². The summed E-state index contributed by atoms with van der Waals surface area (Å²) in [7, 11) is 3.49. The third-order valence-corrected chi connectivity index (χ3v) is 3.87. The first kappa shape index (κ1) is 16.4. The molecular formula is C14H28N2O3. The van der Waals surface area contributed by atoms with Crippen molar-refractivity contribution in [2.45, 2.75) is 51.3 Å². The molecule has 19 heavy (non-hydrogen) atoms. The first-order valence-corrected chi connectivity index (χ1v) is 7.10. The van der Waals surface area contributed by atoms with Crippen LogP contribution in [0.5, 0.6) is 0 Å². The van der Waals surface area contributed by atoms with Crippen LogP contribution in [0, 0.1) is 0 Å². The second kappa shape index (κ2) is 7.22. The van der Waals surface area contributed by atoms with Crippen molar-refractivity contribution in [2.24, 2.45) is 0 Å². The van der Waals surface area contributed by atoms with E-state index in [1.54, 1.807) is 0 Å². The molecule has 0 bridgehead atoms. The second-order valence-corrected chi connectivity index (χ2v) is 5.60. The first-order chi connectivity index (χ1) is 8.94. The summed E-state index contributed by atoms with van der Waals surface area (Å²) in [5.41, 5.74) is -0.665. The van der Waals surface area contributed by atoms with Crippen LogP contribution in [0.25, 0.3) is 0 Å². The smallest absolute Gasteiger partial charge is 0.327 e. The van der Waals surface area contributed by atoms with Crippen molar-refractivity contribution in [3.63, 3.8) is 0 Å². The van der Waals surface area contributed by atoms with E-state index in [2.05, 4.69) is 24.1 Å². The Bertz CT molecular complexity index is 298. The molecule has 5 heteroatoms. The van der Waals surface area contributed by atoms with Gasteiger partial charge in [0.15, 0.2) is 0 Å². The molecule has 0 aromatic rings. The lowest BCUT2D eigenvalue weighted by atomic mass is 9.99. The van der Waals surface area contributed by atoms with E-state index in [1.807, 2.05) is 14.0 Å². The van der Waals surface area contributed by atoms with Crippen molar-refractivity contribution in [3.05, 3.63) is 0 Å². The van der Waals surface area contributed by atoms with Crippen molar-refractivity contribution in [1.82, 2.24) is 10.2 Å². The highest BCUT2D eigenvalue weighted by Gasteiger charge is 2.38. The van der Waals surface area contributed by atoms with E-state index in [4.69, 9.17) is 9.47 Å². The summed E-state index contributed by atoms with van der Waals surface area (Å²) in [5, 5.41) is 3.31. The minimum absolute atomic E-state index is 0.209. The number of rotatable bonds is 7. The van der Waals surface area contributed by atoms with Crippen molar-refractivity contribution >= 4 is 5.97 Å². The normalized spacial score (nSPS) is 26.4. The van der Waals surface area contributed by atoms with E-state index in [1.165, 1.54) is 7.11 Å². The van der Waals surface area contributed by atoms with Gasteiger partial charge in [-0.15, -0.1) is 0 Å². The van der Waals surface area contributed by atoms with E-state index in [9.17, 15) is 4.79 Å². The Hall–Kier alpha value is -0.650. The van der Waals surface area contributed by atoms with Crippen LogP contribution >= 0.6 is 0 Å². The molecule has 0 amide bonds. The lowest BCUT2D eigenvalue weighted by molar-refractivity contribution is -0.149. The molecule has 0 saturated carbocycles. The molecule has 1 saturated heterocycles. The molecular weight excluding hydrogens is 244 g/mol. The Morgan fingerprint density at radius 3 is 2.74 bits per heavy atom. The Labute approximate surface area is 116 Å². The number of likely N-dealkylation sites (N-methyl/N-ethyl adjacent to an activating group) is 1. The van der Waals surface area contributed by atoms with Gasteiger partial charge in [0, 0.05) is 19.2 Å². The Morgan fingerprint density at radius 1 is 1.58 bits per heavy atom. The molecule has 0 aromatic heterocycles. The Morgan fingerprint density at radius 2 is 2.26 bits per heavy atom. The fourth-order valence-corrected chi connectivity index (χ4v) is 2.73. The molecule has 0 aliphatic carbocycles. The summed E-state index contributed by atoms with van der Waals surface area (Å²) >= 11 is 0. The third-order valence-electron chi connectivity index (χ3n) is 3.87. The Kier molecular flexibility index (Phi) is 6.23. The average Bonchev–Trinajstić information content (AvgIpc) is 2.81. The lowest BCUT2D eigenvalue weighted by Gasteiger charge is -2.35. The number of hydrogen-bond donors (Lipinski definition) is 1. The molecule has 5 nitrogen and oxygen atoms in total. The molecule has 3 atom stereocenters. The number of methoxy groups -OCH3 is 1. The molecule has 3 unspecified atom stereocenters. The number of nitrogens with zero attached hydrogens (tertiary/aromatic N) is 1. The van der Waals surface area contributed by atoms with Gasteiger partial charge in [-0.1, -0.05) is 6.92 Å². The van der Waals surface area contributed by atoms with Crippen molar-refractivity contribution < 1.29 is 14.3 Å². The molecule has 1 rings (SSSR count). The zero-order chi connectivity index (χ0) is 14.5. The summed E-state index contributed by atoms with van der Waals surface area (Å²) in [5.74, 6) is -0.209. The van der Waals surface area contributed by atoms with Gasteiger partial charge in [0.05, 0.1) is 13.2 Å². The number of hydrogen-bond acceptors (Lipinski definition) is 5. The molecule has 1 fully saturated rings. The maximum Gasteiger partial charge on any atom is 0.327 e. The summed E-state index contributed by atoms with van der Waals surface area (Å²) in [4.78, 5) is 14.2. The van der Waals surface area contributed by atoms with E-state index < -0.39 is 5.54 Å². The van der Waals surface area contributed by atoms with Crippen LogP contribution in [0.1, 0.15) is 33.6 Å². The zero-order valence-electron chi connectivity index (χ0n) is 12.9. The predicted molar refractivity (Wildman–Crippen MR) is 75.2 cm³/mol. The van der Waals surface area contributed by atoms with E-state index in [-0.39, 0.29) is 12.1 Å². The monoisotopic (exact) mass is 272 g/mol. The fourth-order valence-electron chi connectivity index (χ4n) is 2.73. The van der Waals surface area contributed by atoms with E-state index in [0.29, 0.717) is 12.6 Å². The minimum atomic E-state index is -0.665. The molecule has 0 radical (unpaired) electrons. The van der Waals surface area contributed by atoms with E-state index >= 15 is 0 Å². The SMILES string of the molecule is CCCNC(C)(CN(C)C1CCOC1C)C(=O)OC. The van der Waals surface area contributed by atoms with Gasteiger partial charge in [-0.2, -0.15) is 0 Å². The van der Waals surface area contributed by atoms with Gasteiger partial charge in [0.1, 0.15) is 5.54 Å². The number of nitrogens with one attached hydrogen (secondary N) is 1. The zero-order valence-corrected chi connectivity index (χ0v) is 12.9. The van der Waals surface area contributed by atoms with Gasteiger partial charge in [0.2, 0.25) is 0 Å². The van der Waals surface area contributed by atoms with Gasteiger partial charge >= 0.3 is 5.97 Å². The summed E-state index contributed by atoms with van der Waals surface area (Å²) < 4.78 is 10.5. The fraction of sp³-hybridized carbons (Fsp3) is 0.929. The second-order valence-electron chi connectivity index (χ2n) is 5.60. The largest absolute Gasteiger partial charge is 0.468 e. The van der Waals surface area contributed by atoms with Gasteiger partial charge in [-0.05, 0) is 40.3 Å². The van der Waals surface area contributed by atoms with Gasteiger partial charge in [-0.25, -0.2) is 0 Å². The topological polar surface area (TPSA) is 50.8 Å². The molecule has 1 N–H and O–H groups in total. The van der Waals surface area contributed by atoms with Crippen molar-refractivity contribution in [1.29, 1.82) is 0 Å². The van der Waals surface area contributed by atoms with Gasteiger partial charge in [-0.3, -0.25) is 9.69 Å². The quantitative estimate of drug-likeness (QED) is 0.702. The highest BCUT2D eigenvalue weighted by Crippen LogP contribution is 2.20. The highest BCUT2D eigenvalue weighted by atomic mass is 16.5. The predicted octanol–water partition coefficient (Wildman–Crippen LogP) is 1.03. The van der Waals surface area contributed by atoms with Crippen LogP contribution in [0.2, 0.25) is 0 Å². The summed E-state index contributed by atoms with van der Waals surface area (Å²) in [6, 6.07) is 0.368. The summed E-state index contributed by atoms with van der Waals surface area (Å²) in [6.07, 6.45) is 2.22. The maximum atomic E-state index is 12.0. The standard InChI is InChI=1S/C14H28N2O3/c1-6-8-15-14(3,13(17)18-5)10-16(4)12-7-9-19-11(12)2/h11-12,15H,6-10H2,1-5H3. The van der Waals surface area contributed by atoms with Gasteiger partial charge < -0.3 is 14.8 Å². The van der Waals surface area contributed by atoms with Crippen LogP contribution in [-0.2, 0) is 14.3 Å². The summed E-state index contributed by atoms with van der Waals surface area (Å²) in [6.45, 7) is 8.30. The van der Waals surface area contributed by atoms with Crippen molar-refractivity contribution in [3.8, 4) is 0 Å². The minimum Gasteiger partial charge on any atom is -0.468 e. The number of esters is 1. The Balaban J connectivity index is 2.67. The number of carbonyl (C=O) groups is 1. The molecule has 1 aliphatic rings. The molecule has 0 aromatic carbocycles. The third kappa shape index (κ3) is 4.16. The number of carbonyl (C=O) groups excluding carboxylic acids is 1. The van der Waals surface area contributed by atoms with Crippen LogP contribution in [0.4, 0.5) is 0 Å². The van der Waals surface area contributed by atoms with Crippen LogP contribution in [-0.4, -0.2) is 62.4 Å².